The van der Waals surface area contributed by atoms with Gasteiger partial charge in [-0.25, -0.2) is 9.97 Å². The standard InChI is InChI=1S/C12H14N4S/c13-11-5-12(16-7-15-11)14-6-9-4-8-2-1-3-10(8)17-9/h4-5,7H,1-3,6H2,(H3,13,14,15,16). The lowest BCUT2D eigenvalue weighted by Gasteiger charge is -2.03. The van der Waals surface area contributed by atoms with Crippen LogP contribution in [-0.2, 0) is 19.4 Å². The van der Waals surface area contributed by atoms with E-state index in [1.54, 1.807) is 10.9 Å². The fraction of sp³-hybridized carbons (Fsp3) is 0.333. The number of nitrogens with zero attached hydrogens (tertiary/aromatic N) is 2. The van der Waals surface area contributed by atoms with Crippen LogP contribution >= 0.6 is 11.3 Å². The summed E-state index contributed by atoms with van der Waals surface area (Å²) in [4.78, 5) is 10.9. The Labute approximate surface area is 104 Å². The summed E-state index contributed by atoms with van der Waals surface area (Å²) in [5.41, 5.74) is 7.13. The number of aryl methyl sites for hydroxylation is 2. The molecular formula is C12H14N4S. The molecule has 4 nitrogen and oxygen atoms in total. The van der Waals surface area contributed by atoms with E-state index >= 15 is 0 Å². The molecule has 3 rings (SSSR count). The Balaban J connectivity index is 1.67. The van der Waals surface area contributed by atoms with Gasteiger partial charge in [-0.1, -0.05) is 0 Å². The average molecular weight is 246 g/mol. The molecule has 0 saturated carbocycles. The number of thiophene rings is 1. The maximum Gasteiger partial charge on any atom is 0.131 e. The molecule has 88 valence electrons. The second-order valence-electron chi connectivity index (χ2n) is 4.20. The Morgan fingerprint density at radius 1 is 1.29 bits per heavy atom. The highest BCUT2D eigenvalue weighted by Gasteiger charge is 2.14. The lowest BCUT2D eigenvalue weighted by atomic mass is 10.2. The molecule has 0 spiro atoms. The monoisotopic (exact) mass is 246 g/mol. The van der Waals surface area contributed by atoms with Crippen LogP contribution in [0.3, 0.4) is 0 Å². The van der Waals surface area contributed by atoms with Crippen LogP contribution in [0.2, 0.25) is 0 Å². The second-order valence-corrected chi connectivity index (χ2v) is 5.42. The number of fused-ring (bicyclic) bond motifs is 1. The average Bonchev–Trinajstić information content (AvgIpc) is 2.86. The Kier molecular flexibility index (Phi) is 2.68. The third-order valence-corrected chi connectivity index (χ3v) is 4.17. The maximum absolute atomic E-state index is 5.60. The SMILES string of the molecule is Nc1cc(NCc2cc3c(s2)CCC3)ncn1. The molecule has 17 heavy (non-hydrogen) atoms. The Bertz CT molecular complexity index is 514. The second kappa shape index (κ2) is 4.33. The third-order valence-electron chi connectivity index (χ3n) is 2.93. The Morgan fingerprint density at radius 3 is 3.06 bits per heavy atom. The van der Waals surface area contributed by atoms with Crippen molar-refractivity contribution in [3.05, 3.63) is 33.8 Å². The predicted molar refractivity (Wildman–Crippen MR) is 70.1 cm³/mol. The molecule has 0 aromatic carbocycles. The van der Waals surface area contributed by atoms with E-state index in [0.29, 0.717) is 5.82 Å². The van der Waals surface area contributed by atoms with E-state index in [-0.39, 0.29) is 0 Å². The number of aromatic nitrogens is 2. The van der Waals surface area contributed by atoms with E-state index in [1.165, 1.54) is 36.0 Å². The Morgan fingerprint density at radius 2 is 2.24 bits per heavy atom. The van der Waals surface area contributed by atoms with Crippen LogP contribution in [0.15, 0.2) is 18.5 Å². The van der Waals surface area contributed by atoms with Gasteiger partial charge in [-0.2, -0.15) is 0 Å². The van der Waals surface area contributed by atoms with Crippen LogP contribution in [-0.4, -0.2) is 9.97 Å². The van der Waals surface area contributed by atoms with Crippen molar-refractivity contribution in [3.8, 4) is 0 Å². The number of nitrogens with two attached hydrogens (primary N) is 1. The number of nitrogens with one attached hydrogen (secondary N) is 1. The van der Waals surface area contributed by atoms with Gasteiger partial charge in [-0.05, 0) is 30.9 Å². The molecule has 0 fully saturated rings. The van der Waals surface area contributed by atoms with Gasteiger partial charge in [-0.3, -0.25) is 0 Å². The molecule has 0 unspecified atom stereocenters. The van der Waals surface area contributed by atoms with Crippen LogP contribution in [0.5, 0.6) is 0 Å². The third kappa shape index (κ3) is 2.24. The maximum atomic E-state index is 5.60. The van der Waals surface area contributed by atoms with Gasteiger partial charge < -0.3 is 11.1 Å². The van der Waals surface area contributed by atoms with E-state index in [1.807, 2.05) is 11.3 Å². The molecule has 0 atom stereocenters. The zero-order valence-corrected chi connectivity index (χ0v) is 10.3. The zero-order chi connectivity index (χ0) is 11.7. The zero-order valence-electron chi connectivity index (χ0n) is 9.44. The molecule has 0 bridgehead atoms. The van der Waals surface area contributed by atoms with Crippen molar-refractivity contribution in [2.75, 3.05) is 11.1 Å². The van der Waals surface area contributed by atoms with Crippen LogP contribution < -0.4 is 11.1 Å². The minimum atomic E-state index is 0.496. The summed E-state index contributed by atoms with van der Waals surface area (Å²) >= 11 is 1.91. The van der Waals surface area contributed by atoms with Gasteiger partial charge in [0.1, 0.15) is 18.0 Å². The fourth-order valence-electron chi connectivity index (χ4n) is 2.12. The van der Waals surface area contributed by atoms with Gasteiger partial charge >= 0.3 is 0 Å². The first kappa shape index (κ1) is 10.5. The van der Waals surface area contributed by atoms with Crippen LogP contribution in [0.4, 0.5) is 11.6 Å². The van der Waals surface area contributed by atoms with Gasteiger partial charge in [-0.15, -0.1) is 11.3 Å². The van der Waals surface area contributed by atoms with Gasteiger partial charge in [0, 0.05) is 15.8 Å². The van der Waals surface area contributed by atoms with Gasteiger partial charge in [0.15, 0.2) is 0 Å². The lowest BCUT2D eigenvalue weighted by molar-refractivity contribution is 0.913. The molecule has 0 amide bonds. The summed E-state index contributed by atoms with van der Waals surface area (Å²) in [7, 11) is 0. The molecule has 2 heterocycles. The van der Waals surface area contributed by atoms with Crippen LogP contribution in [0, 0.1) is 0 Å². The largest absolute Gasteiger partial charge is 0.384 e. The number of nitrogen functional groups attached to an aromatic ring is 1. The van der Waals surface area contributed by atoms with E-state index in [4.69, 9.17) is 5.73 Å². The molecular weight excluding hydrogens is 232 g/mol. The number of hydrogen-bond acceptors (Lipinski definition) is 5. The summed E-state index contributed by atoms with van der Waals surface area (Å²) in [5.74, 6) is 1.28. The molecule has 1 aliphatic rings. The molecule has 1 aliphatic carbocycles. The number of rotatable bonds is 3. The molecule has 3 N–H and O–H groups in total. The van der Waals surface area contributed by atoms with Gasteiger partial charge in [0.2, 0.25) is 0 Å². The molecule has 0 aliphatic heterocycles. The van der Waals surface area contributed by atoms with Crippen molar-refractivity contribution in [2.45, 2.75) is 25.8 Å². The van der Waals surface area contributed by atoms with Crippen molar-refractivity contribution < 1.29 is 0 Å². The van der Waals surface area contributed by atoms with E-state index in [0.717, 1.165) is 12.4 Å². The van der Waals surface area contributed by atoms with Crippen molar-refractivity contribution in [1.82, 2.24) is 9.97 Å². The van der Waals surface area contributed by atoms with Crippen molar-refractivity contribution in [2.24, 2.45) is 0 Å². The smallest absolute Gasteiger partial charge is 0.131 e. The molecule has 0 radical (unpaired) electrons. The number of anilines is 2. The fourth-order valence-corrected chi connectivity index (χ4v) is 3.32. The first-order chi connectivity index (χ1) is 8.31. The van der Waals surface area contributed by atoms with E-state index in [9.17, 15) is 0 Å². The van der Waals surface area contributed by atoms with Crippen molar-refractivity contribution in [3.63, 3.8) is 0 Å². The van der Waals surface area contributed by atoms with Crippen molar-refractivity contribution >= 4 is 23.0 Å². The quantitative estimate of drug-likeness (QED) is 0.871. The molecule has 2 aromatic heterocycles. The van der Waals surface area contributed by atoms with Gasteiger partial charge in [0.05, 0.1) is 6.54 Å². The summed E-state index contributed by atoms with van der Waals surface area (Å²) < 4.78 is 0. The number of hydrogen-bond donors (Lipinski definition) is 2. The molecule has 5 heteroatoms. The predicted octanol–water partition coefficient (Wildman–Crippen LogP) is 2.22. The highest BCUT2D eigenvalue weighted by Crippen LogP contribution is 2.30. The topological polar surface area (TPSA) is 63.8 Å². The first-order valence-electron chi connectivity index (χ1n) is 5.73. The molecule has 0 saturated heterocycles. The van der Waals surface area contributed by atoms with E-state index < -0.39 is 0 Å². The van der Waals surface area contributed by atoms with Crippen LogP contribution in [0.25, 0.3) is 0 Å². The van der Waals surface area contributed by atoms with Crippen molar-refractivity contribution in [1.29, 1.82) is 0 Å². The Hall–Kier alpha value is -1.62. The normalized spacial score (nSPS) is 13.6. The minimum Gasteiger partial charge on any atom is -0.384 e. The van der Waals surface area contributed by atoms with Gasteiger partial charge in [0.25, 0.3) is 0 Å². The first-order valence-corrected chi connectivity index (χ1v) is 6.55. The van der Waals surface area contributed by atoms with Crippen LogP contribution in [0.1, 0.15) is 21.7 Å². The van der Waals surface area contributed by atoms with E-state index in [2.05, 4.69) is 21.4 Å². The highest BCUT2D eigenvalue weighted by atomic mass is 32.1. The summed E-state index contributed by atoms with van der Waals surface area (Å²) in [5, 5.41) is 3.27. The minimum absolute atomic E-state index is 0.496. The lowest BCUT2D eigenvalue weighted by Crippen LogP contribution is -2.01. The summed E-state index contributed by atoms with van der Waals surface area (Å²) in [6, 6.07) is 4.06. The summed E-state index contributed by atoms with van der Waals surface area (Å²) in [6.45, 7) is 0.814. The molecule has 2 aromatic rings. The summed E-state index contributed by atoms with van der Waals surface area (Å²) in [6.07, 6.45) is 5.29. The highest BCUT2D eigenvalue weighted by molar-refractivity contribution is 7.12.